The molecule has 3 aliphatic rings. The van der Waals surface area contributed by atoms with Crippen molar-refractivity contribution in [1.29, 1.82) is 0 Å². The Balaban J connectivity index is 1.27. The molecule has 166 valence electrons. The lowest BCUT2D eigenvalue weighted by Gasteiger charge is -2.32. The van der Waals surface area contributed by atoms with Crippen LogP contribution in [0.15, 0.2) is 30.6 Å². The number of ketones is 1. The Bertz CT molecular complexity index is 1210. The summed E-state index contributed by atoms with van der Waals surface area (Å²) in [6.07, 6.45) is 11.6. The van der Waals surface area contributed by atoms with Crippen LogP contribution in [0.3, 0.4) is 0 Å². The third kappa shape index (κ3) is 3.31. The zero-order valence-corrected chi connectivity index (χ0v) is 19.1. The highest BCUT2D eigenvalue weighted by Gasteiger charge is 2.44. The van der Waals surface area contributed by atoms with Crippen molar-refractivity contribution in [3.8, 4) is 0 Å². The van der Waals surface area contributed by atoms with Gasteiger partial charge in [0, 0.05) is 44.7 Å². The molecule has 1 spiro atoms. The molecule has 32 heavy (non-hydrogen) atoms. The van der Waals surface area contributed by atoms with Gasteiger partial charge in [0.2, 0.25) is 0 Å². The fraction of sp³-hybridized carbons (Fsp3) is 0.538. The van der Waals surface area contributed by atoms with Crippen LogP contribution in [-0.4, -0.2) is 38.5 Å². The van der Waals surface area contributed by atoms with Gasteiger partial charge in [-0.05, 0) is 59.6 Å². The quantitative estimate of drug-likeness (QED) is 0.622. The first kappa shape index (κ1) is 19.9. The number of benzene rings is 1. The Kier molecular flexibility index (Phi) is 4.43. The SMILES string of the molecule is CC1(C)CCCc2cc(Cc3nc4c(N5CC[C@@]6(CCC(=O)C6)C5)nccn4n3)ccc21. The molecule has 3 aromatic rings. The van der Waals surface area contributed by atoms with Gasteiger partial charge in [-0.1, -0.05) is 32.0 Å². The number of hydrogen-bond acceptors (Lipinski definition) is 5. The fourth-order valence-electron chi connectivity index (χ4n) is 6.27. The summed E-state index contributed by atoms with van der Waals surface area (Å²) in [6.45, 7) is 6.54. The van der Waals surface area contributed by atoms with Gasteiger partial charge in [-0.15, -0.1) is 0 Å². The molecule has 2 fully saturated rings. The molecule has 0 radical (unpaired) electrons. The second-order valence-corrected chi connectivity index (χ2v) is 10.8. The lowest BCUT2D eigenvalue weighted by atomic mass is 9.72. The molecule has 6 heteroatoms. The van der Waals surface area contributed by atoms with Gasteiger partial charge >= 0.3 is 0 Å². The Hall–Kier alpha value is -2.76. The van der Waals surface area contributed by atoms with Crippen molar-refractivity contribution >= 4 is 17.2 Å². The number of aryl methyl sites for hydroxylation is 1. The van der Waals surface area contributed by atoms with E-state index in [0.717, 1.165) is 62.5 Å². The van der Waals surface area contributed by atoms with E-state index in [2.05, 4.69) is 41.9 Å². The van der Waals surface area contributed by atoms with Gasteiger partial charge in [-0.3, -0.25) is 4.79 Å². The Labute approximate surface area is 189 Å². The standard InChI is InChI=1S/C26H31N5O/c1-25(2)8-3-4-19-14-18(5-6-21(19)25)15-22-28-24-23(27-11-13-31(24)29-22)30-12-10-26(17-30)9-7-20(32)16-26/h5-6,11,13-14H,3-4,7-10,12,15-17H2,1-2H3/t26-/m1/s1. The van der Waals surface area contributed by atoms with Crippen molar-refractivity contribution in [2.75, 3.05) is 18.0 Å². The van der Waals surface area contributed by atoms with Gasteiger partial charge in [-0.2, -0.15) is 5.10 Å². The number of rotatable bonds is 3. The maximum atomic E-state index is 11.9. The van der Waals surface area contributed by atoms with Gasteiger partial charge in [-0.25, -0.2) is 14.5 Å². The predicted octanol–water partition coefficient (Wildman–Crippen LogP) is 4.28. The first-order valence-corrected chi connectivity index (χ1v) is 12.0. The summed E-state index contributed by atoms with van der Waals surface area (Å²) in [5, 5.41) is 4.77. The van der Waals surface area contributed by atoms with Crippen LogP contribution in [0.25, 0.3) is 5.65 Å². The maximum Gasteiger partial charge on any atom is 0.198 e. The molecule has 6 nitrogen and oxygen atoms in total. The summed E-state index contributed by atoms with van der Waals surface area (Å²) in [5.74, 6) is 2.14. The second kappa shape index (κ2) is 7.12. The Morgan fingerprint density at radius 1 is 1.12 bits per heavy atom. The zero-order valence-electron chi connectivity index (χ0n) is 19.1. The van der Waals surface area contributed by atoms with Gasteiger partial charge in [0.25, 0.3) is 0 Å². The molecule has 1 aliphatic heterocycles. The van der Waals surface area contributed by atoms with Crippen molar-refractivity contribution in [2.45, 2.75) is 70.6 Å². The average molecular weight is 430 g/mol. The van der Waals surface area contributed by atoms with Crippen molar-refractivity contribution in [3.05, 3.63) is 53.1 Å². The third-order valence-electron chi connectivity index (χ3n) is 8.03. The molecule has 3 heterocycles. The average Bonchev–Trinajstić information content (AvgIpc) is 3.46. The summed E-state index contributed by atoms with van der Waals surface area (Å²) in [7, 11) is 0. The summed E-state index contributed by atoms with van der Waals surface area (Å²) in [6, 6.07) is 6.93. The topological polar surface area (TPSA) is 63.4 Å². The minimum Gasteiger partial charge on any atom is -0.353 e. The van der Waals surface area contributed by atoms with E-state index in [-0.39, 0.29) is 10.8 Å². The van der Waals surface area contributed by atoms with E-state index in [1.54, 1.807) is 0 Å². The number of nitrogens with zero attached hydrogens (tertiary/aromatic N) is 5. The van der Waals surface area contributed by atoms with Crippen molar-refractivity contribution in [1.82, 2.24) is 19.6 Å². The van der Waals surface area contributed by atoms with E-state index in [4.69, 9.17) is 10.1 Å². The van der Waals surface area contributed by atoms with Crippen LogP contribution in [0.2, 0.25) is 0 Å². The van der Waals surface area contributed by atoms with Crippen LogP contribution in [0.1, 0.15) is 74.9 Å². The van der Waals surface area contributed by atoms with Gasteiger partial charge in [0.05, 0.1) is 0 Å². The molecule has 1 atom stereocenters. The van der Waals surface area contributed by atoms with Crippen LogP contribution in [0.5, 0.6) is 0 Å². The normalized spacial score (nSPS) is 24.6. The largest absolute Gasteiger partial charge is 0.353 e. The lowest BCUT2D eigenvalue weighted by molar-refractivity contribution is -0.117. The molecule has 0 bridgehead atoms. The van der Waals surface area contributed by atoms with Crippen LogP contribution in [0.4, 0.5) is 5.82 Å². The van der Waals surface area contributed by atoms with E-state index in [9.17, 15) is 4.79 Å². The Morgan fingerprint density at radius 3 is 2.88 bits per heavy atom. The van der Waals surface area contributed by atoms with E-state index in [0.29, 0.717) is 5.78 Å². The number of carbonyl (C=O) groups is 1. The van der Waals surface area contributed by atoms with Crippen LogP contribution in [-0.2, 0) is 23.1 Å². The predicted molar refractivity (Wildman–Crippen MR) is 124 cm³/mol. The van der Waals surface area contributed by atoms with E-state index in [1.165, 1.54) is 36.0 Å². The lowest BCUT2D eigenvalue weighted by Crippen LogP contribution is -2.26. The highest BCUT2D eigenvalue weighted by Crippen LogP contribution is 2.45. The molecule has 1 aromatic carbocycles. The highest BCUT2D eigenvalue weighted by molar-refractivity contribution is 5.82. The first-order valence-electron chi connectivity index (χ1n) is 12.0. The van der Waals surface area contributed by atoms with Gasteiger partial charge in [0.15, 0.2) is 17.3 Å². The smallest absolute Gasteiger partial charge is 0.198 e. The van der Waals surface area contributed by atoms with Crippen LogP contribution >= 0.6 is 0 Å². The minimum atomic E-state index is 0.144. The van der Waals surface area contributed by atoms with Crippen LogP contribution in [0, 0.1) is 5.41 Å². The number of Topliss-reactive ketones (excluding diaryl/α,β-unsaturated/α-hetero) is 1. The molecule has 0 amide bonds. The Morgan fingerprint density at radius 2 is 2.03 bits per heavy atom. The summed E-state index contributed by atoms with van der Waals surface area (Å²) in [5.41, 5.74) is 5.49. The number of hydrogen-bond donors (Lipinski definition) is 0. The number of fused-ring (bicyclic) bond motifs is 2. The van der Waals surface area contributed by atoms with Crippen molar-refractivity contribution < 1.29 is 4.79 Å². The van der Waals surface area contributed by atoms with E-state index < -0.39 is 0 Å². The number of carbonyl (C=O) groups excluding carboxylic acids is 1. The molecule has 6 rings (SSSR count). The minimum absolute atomic E-state index is 0.144. The maximum absolute atomic E-state index is 11.9. The summed E-state index contributed by atoms with van der Waals surface area (Å²) in [4.78, 5) is 23.8. The zero-order chi connectivity index (χ0) is 21.9. The first-order chi connectivity index (χ1) is 15.4. The fourth-order valence-corrected chi connectivity index (χ4v) is 6.27. The monoisotopic (exact) mass is 429 g/mol. The molecule has 0 N–H and O–H groups in total. The van der Waals surface area contributed by atoms with Crippen LogP contribution < -0.4 is 4.90 Å². The van der Waals surface area contributed by atoms with Gasteiger partial charge in [0.1, 0.15) is 5.78 Å². The number of aromatic nitrogens is 4. The summed E-state index contributed by atoms with van der Waals surface area (Å²) < 4.78 is 1.87. The summed E-state index contributed by atoms with van der Waals surface area (Å²) >= 11 is 0. The van der Waals surface area contributed by atoms with E-state index in [1.807, 2.05) is 16.9 Å². The molecule has 1 saturated heterocycles. The van der Waals surface area contributed by atoms with Crippen molar-refractivity contribution in [2.24, 2.45) is 5.41 Å². The van der Waals surface area contributed by atoms with Gasteiger partial charge < -0.3 is 4.90 Å². The molecule has 1 saturated carbocycles. The molecule has 2 aliphatic carbocycles. The van der Waals surface area contributed by atoms with Crippen molar-refractivity contribution in [3.63, 3.8) is 0 Å². The second-order valence-electron chi connectivity index (χ2n) is 10.8. The highest BCUT2D eigenvalue weighted by atomic mass is 16.1. The third-order valence-corrected chi connectivity index (χ3v) is 8.03. The molecule has 0 unspecified atom stereocenters. The molecule has 2 aromatic heterocycles. The molecular formula is C26H31N5O. The molecular weight excluding hydrogens is 398 g/mol. The van der Waals surface area contributed by atoms with E-state index >= 15 is 0 Å². The number of anilines is 1.